The van der Waals surface area contributed by atoms with Crippen molar-refractivity contribution in [1.82, 2.24) is 4.90 Å². The molecule has 2 aromatic carbocycles. The number of piperidine rings is 1. The van der Waals surface area contributed by atoms with Crippen molar-refractivity contribution in [3.05, 3.63) is 53.1 Å². The summed E-state index contributed by atoms with van der Waals surface area (Å²) in [7, 11) is 1.63. The minimum Gasteiger partial charge on any atom is -0.506 e. The van der Waals surface area contributed by atoms with Crippen molar-refractivity contribution < 1.29 is 19.4 Å². The third-order valence-electron chi connectivity index (χ3n) is 5.87. The molecule has 0 bridgehead atoms. The summed E-state index contributed by atoms with van der Waals surface area (Å²) in [6.45, 7) is 4.64. The number of phenolic OH excluding ortho intramolecular Hbond substituents is 1. The smallest absolute Gasteiger partial charge is 0.136 e. The number of aromatic hydroxyl groups is 1. The summed E-state index contributed by atoms with van der Waals surface area (Å²) in [5.41, 5.74) is 0.728. The average molecular weight is 418 g/mol. The Balaban J connectivity index is 1.54. The number of Topliss-reactive ketones (excluding diaryl/α,β-unsaturated/α-hetero) is 1. The largest absolute Gasteiger partial charge is 0.506 e. The number of carbonyl (C=O) groups excluding carboxylic acids is 1. The summed E-state index contributed by atoms with van der Waals surface area (Å²) in [6.07, 6.45) is 2.34. The number of hydrogen-bond donors (Lipinski definition) is 1. The fourth-order valence-electron chi connectivity index (χ4n) is 3.88. The van der Waals surface area contributed by atoms with Gasteiger partial charge in [0.25, 0.3) is 0 Å². The van der Waals surface area contributed by atoms with Gasteiger partial charge in [-0.1, -0.05) is 23.7 Å². The lowest BCUT2D eigenvalue weighted by molar-refractivity contribution is -0.130. The van der Waals surface area contributed by atoms with Crippen molar-refractivity contribution in [2.24, 2.45) is 5.41 Å². The van der Waals surface area contributed by atoms with Crippen LogP contribution >= 0.6 is 11.6 Å². The molecule has 1 fully saturated rings. The maximum absolute atomic E-state index is 12.5. The average Bonchev–Trinajstić information content (AvgIpc) is 2.72. The lowest BCUT2D eigenvalue weighted by Gasteiger charge is -2.40. The summed E-state index contributed by atoms with van der Waals surface area (Å²) in [5.74, 6) is 1.84. The third-order valence-corrected chi connectivity index (χ3v) is 6.17. The van der Waals surface area contributed by atoms with E-state index in [-0.39, 0.29) is 16.9 Å². The summed E-state index contributed by atoms with van der Waals surface area (Å²) >= 11 is 6.01. The van der Waals surface area contributed by atoms with Gasteiger partial charge in [-0.15, -0.1) is 0 Å². The highest BCUT2D eigenvalue weighted by Gasteiger charge is 2.38. The van der Waals surface area contributed by atoms with Crippen molar-refractivity contribution in [1.29, 1.82) is 0 Å². The van der Waals surface area contributed by atoms with Crippen LogP contribution in [0.5, 0.6) is 17.2 Å². The van der Waals surface area contributed by atoms with Gasteiger partial charge in [0, 0.05) is 18.0 Å². The second-order valence-corrected chi connectivity index (χ2v) is 8.08. The number of nitrogens with zero attached hydrogens (tertiary/aromatic N) is 1. The van der Waals surface area contributed by atoms with Gasteiger partial charge in [-0.05, 0) is 69.1 Å². The highest BCUT2D eigenvalue weighted by atomic mass is 35.5. The van der Waals surface area contributed by atoms with E-state index in [1.54, 1.807) is 26.2 Å². The topological polar surface area (TPSA) is 59.0 Å². The van der Waals surface area contributed by atoms with E-state index in [1.807, 2.05) is 30.3 Å². The Hall–Kier alpha value is -2.24. The van der Waals surface area contributed by atoms with E-state index < -0.39 is 0 Å². The van der Waals surface area contributed by atoms with Crippen LogP contribution in [-0.4, -0.2) is 42.6 Å². The molecule has 0 atom stereocenters. The number of hydrogen-bond acceptors (Lipinski definition) is 5. The quantitative estimate of drug-likeness (QED) is 0.674. The van der Waals surface area contributed by atoms with Gasteiger partial charge in [-0.25, -0.2) is 0 Å². The molecule has 6 heteroatoms. The third kappa shape index (κ3) is 5.43. The monoisotopic (exact) mass is 417 g/mol. The Kier molecular flexibility index (Phi) is 7.04. The Bertz CT molecular complexity index is 847. The van der Waals surface area contributed by atoms with Crippen LogP contribution in [0.4, 0.5) is 0 Å². The SMILES string of the molecule is COc1cccc(OCCC2(C(C)=O)CCN(Cc3ccc(O)c(Cl)c3)CC2)c1. The van der Waals surface area contributed by atoms with Gasteiger partial charge in [0.05, 0.1) is 18.7 Å². The number of likely N-dealkylation sites (tertiary alicyclic amines) is 1. The molecule has 0 saturated carbocycles. The van der Waals surface area contributed by atoms with Crippen LogP contribution in [-0.2, 0) is 11.3 Å². The van der Waals surface area contributed by atoms with Crippen LogP contribution in [0.15, 0.2) is 42.5 Å². The van der Waals surface area contributed by atoms with Gasteiger partial charge in [-0.3, -0.25) is 9.69 Å². The van der Waals surface area contributed by atoms with Crippen molar-refractivity contribution >= 4 is 17.4 Å². The van der Waals surface area contributed by atoms with Crippen LogP contribution in [0.25, 0.3) is 0 Å². The van der Waals surface area contributed by atoms with E-state index in [2.05, 4.69) is 4.90 Å². The predicted molar refractivity (Wildman–Crippen MR) is 114 cm³/mol. The Morgan fingerprint density at radius 1 is 1.17 bits per heavy atom. The van der Waals surface area contributed by atoms with Gasteiger partial charge >= 0.3 is 0 Å². The van der Waals surface area contributed by atoms with Gasteiger partial charge in [0.1, 0.15) is 23.0 Å². The van der Waals surface area contributed by atoms with Crippen LogP contribution in [0.2, 0.25) is 5.02 Å². The zero-order valence-corrected chi connectivity index (χ0v) is 17.7. The number of halogens is 1. The molecule has 156 valence electrons. The van der Waals surface area contributed by atoms with Crippen LogP contribution in [0, 0.1) is 5.41 Å². The highest BCUT2D eigenvalue weighted by Crippen LogP contribution is 2.37. The Labute approximate surface area is 177 Å². The number of ether oxygens (including phenoxy) is 2. The number of phenols is 1. The normalized spacial score (nSPS) is 16.4. The van der Waals surface area contributed by atoms with Crippen molar-refractivity contribution in [2.45, 2.75) is 32.7 Å². The number of rotatable bonds is 8. The number of carbonyl (C=O) groups is 1. The molecule has 1 saturated heterocycles. The molecule has 0 aromatic heterocycles. The number of ketones is 1. The lowest BCUT2D eigenvalue weighted by atomic mass is 9.73. The second-order valence-electron chi connectivity index (χ2n) is 7.68. The predicted octanol–water partition coefficient (Wildman–Crippen LogP) is 4.69. The molecule has 0 amide bonds. The highest BCUT2D eigenvalue weighted by molar-refractivity contribution is 6.32. The Morgan fingerprint density at radius 3 is 2.55 bits per heavy atom. The maximum atomic E-state index is 12.5. The van der Waals surface area contributed by atoms with E-state index in [0.29, 0.717) is 18.1 Å². The molecule has 0 unspecified atom stereocenters. The van der Waals surface area contributed by atoms with Gasteiger partial charge < -0.3 is 14.6 Å². The molecular formula is C23H28ClNO4. The van der Waals surface area contributed by atoms with E-state index in [0.717, 1.165) is 49.5 Å². The summed E-state index contributed by atoms with van der Waals surface area (Å²) in [5, 5.41) is 9.94. The Morgan fingerprint density at radius 2 is 1.90 bits per heavy atom. The van der Waals surface area contributed by atoms with E-state index >= 15 is 0 Å². The van der Waals surface area contributed by atoms with E-state index in [9.17, 15) is 9.90 Å². The van der Waals surface area contributed by atoms with Crippen LogP contribution in [0.3, 0.4) is 0 Å². The number of methoxy groups -OCH3 is 1. The summed E-state index contributed by atoms with van der Waals surface area (Å²) < 4.78 is 11.1. The first kappa shape index (κ1) is 21.5. The van der Waals surface area contributed by atoms with Gasteiger partial charge in [-0.2, -0.15) is 0 Å². The fourth-order valence-corrected chi connectivity index (χ4v) is 4.08. The van der Waals surface area contributed by atoms with E-state index in [1.165, 1.54) is 0 Å². The molecule has 3 rings (SSSR count). The number of benzene rings is 2. The first-order chi connectivity index (χ1) is 13.9. The van der Waals surface area contributed by atoms with Crippen molar-refractivity contribution in [3.8, 4) is 17.2 Å². The van der Waals surface area contributed by atoms with Crippen LogP contribution in [0.1, 0.15) is 31.7 Å². The summed E-state index contributed by atoms with van der Waals surface area (Å²) in [6, 6.07) is 12.8. The van der Waals surface area contributed by atoms with Crippen molar-refractivity contribution in [2.75, 3.05) is 26.8 Å². The molecule has 0 radical (unpaired) electrons. The minimum absolute atomic E-state index is 0.0979. The molecule has 2 aromatic rings. The molecule has 1 aliphatic heterocycles. The minimum atomic E-state index is -0.331. The van der Waals surface area contributed by atoms with Gasteiger partial charge in [0.15, 0.2) is 0 Å². The first-order valence-corrected chi connectivity index (χ1v) is 10.3. The standard InChI is InChI=1S/C23H28ClNO4/c1-17(26)23(10-13-29-20-5-3-4-19(15-20)28-2)8-11-25(12-9-23)16-18-6-7-22(27)21(24)14-18/h3-7,14-15,27H,8-13,16H2,1-2H3. The van der Waals surface area contributed by atoms with Gasteiger partial charge in [0.2, 0.25) is 0 Å². The van der Waals surface area contributed by atoms with E-state index in [4.69, 9.17) is 21.1 Å². The lowest BCUT2D eigenvalue weighted by Crippen LogP contribution is -2.44. The molecule has 29 heavy (non-hydrogen) atoms. The molecule has 1 N–H and O–H groups in total. The second kappa shape index (κ2) is 9.51. The molecule has 1 heterocycles. The maximum Gasteiger partial charge on any atom is 0.136 e. The molecule has 5 nitrogen and oxygen atoms in total. The van der Waals surface area contributed by atoms with Crippen molar-refractivity contribution in [3.63, 3.8) is 0 Å². The molecular weight excluding hydrogens is 390 g/mol. The molecule has 1 aliphatic rings. The zero-order valence-electron chi connectivity index (χ0n) is 17.0. The zero-order chi connectivity index (χ0) is 20.9. The first-order valence-electron chi connectivity index (χ1n) is 9.89. The molecule has 0 aliphatic carbocycles. The summed E-state index contributed by atoms with van der Waals surface area (Å²) in [4.78, 5) is 14.8. The molecule has 0 spiro atoms. The van der Waals surface area contributed by atoms with Crippen LogP contribution < -0.4 is 9.47 Å². The fraction of sp³-hybridized carbons (Fsp3) is 0.435.